The van der Waals surface area contributed by atoms with Gasteiger partial charge in [-0.05, 0) is 24.8 Å². The molecule has 2 atom stereocenters. The standard InChI is InChI=1S/C16H21N3O3S/c1-18-12-15(11-17-18)23(21,22)19-9-5-8-14(19)10-16(20)13-6-3-2-4-7-13/h2-4,6-7,11-12,14,16,20H,5,8-10H2,1H3/t14-,16+/m0/s1. The fourth-order valence-electron chi connectivity index (χ4n) is 3.10. The van der Waals surface area contributed by atoms with Crippen LogP contribution in [0.15, 0.2) is 47.6 Å². The number of benzene rings is 1. The second-order valence-electron chi connectivity index (χ2n) is 5.92. The number of hydrogen-bond acceptors (Lipinski definition) is 4. The summed E-state index contributed by atoms with van der Waals surface area (Å²) in [6.07, 6.45) is 4.21. The lowest BCUT2D eigenvalue weighted by Gasteiger charge is -2.25. The van der Waals surface area contributed by atoms with E-state index in [1.165, 1.54) is 21.4 Å². The Kier molecular flexibility index (Phi) is 4.52. The van der Waals surface area contributed by atoms with Crippen molar-refractivity contribution in [1.29, 1.82) is 0 Å². The van der Waals surface area contributed by atoms with Gasteiger partial charge in [0.25, 0.3) is 0 Å². The number of aromatic nitrogens is 2. The van der Waals surface area contributed by atoms with Crippen molar-refractivity contribution >= 4 is 10.0 Å². The number of nitrogens with zero attached hydrogens (tertiary/aromatic N) is 3. The lowest BCUT2D eigenvalue weighted by Crippen LogP contribution is -2.36. The normalized spacial score (nSPS) is 20.7. The molecule has 0 saturated carbocycles. The largest absolute Gasteiger partial charge is 0.388 e. The first kappa shape index (κ1) is 16.2. The summed E-state index contributed by atoms with van der Waals surface area (Å²) in [4.78, 5) is 0.209. The SMILES string of the molecule is Cn1cc(S(=O)(=O)N2CCC[C@H]2C[C@@H](O)c2ccccc2)cn1. The van der Waals surface area contributed by atoms with Gasteiger partial charge in [0.2, 0.25) is 10.0 Å². The molecule has 0 radical (unpaired) electrons. The van der Waals surface area contributed by atoms with Crippen molar-refractivity contribution in [3.63, 3.8) is 0 Å². The van der Waals surface area contributed by atoms with Crippen LogP contribution in [0.3, 0.4) is 0 Å². The van der Waals surface area contributed by atoms with E-state index in [1.54, 1.807) is 7.05 Å². The Morgan fingerprint density at radius 3 is 2.74 bits per heavy atom. The summed E-state index contributed by atoms with van der Waals surface area (Å²) in [6.45, 7) is 0.489. The molecule has 1 saturated heterocycles. The average molecular weight is 335 g/mol. The summed E-state index contributed by atoms with van der Waals surface area (Å²) in [5.74, 6) is 0. The fraction of sp³-hybridized carbons (Fsp3) is 0.438. The van der Waals surface area contributed by atoms with E-state index >= 15 is 0 Å². The molecule has 23 heavy (non-hydrogen) atoms. The van der Waals surface area contributed by atoms with Gasteiger partial charge in [0, 0.05) is 25.8 Å². The van der Waals surface area contributed by atoms with E-state index in [1.807, 2.05) is 30.3 Å². The highest BCUT2D eigenvalue weighted by Crippen LogP contribution is 2.31. The molecule has 7 heteroatoms. The van der Waals surface area contributed by atoms with Crippen LogP contribution in [0.1, 0.15) is 30.9 Å². The van der Waals surface area contributed by atoms with E-state index in [0.29, 0.717) is 13.0 Å². The van der Waals surface area contributed by atoms with Crippen LogP contribution in [0.5, 0.6) is 0 Å². The summed E-state index contributed by atoms with van der Waals surface area (Å²) in [6, 6.07) is 9.18. The smallest absolute Gasteiger partial charge is 0.246 e. The molecule has 2 heterocycles. The van der Waals surface area contributed by atoms with Crippen LogP contribution in [-0.2, 0) is 17.1 Å². The molecule has 1 aromatic heterocycles. The summed E-state index contributed by atoms with van der Waals surface area (Å²) >= 11 is 0. The Morgan fingerprint density at radius 2 is 2.09 bits per heavy atom. The van der Waals surface area contributed by atoms with E-state index < -0.39 is 16.1 Å². The van der Waals surface area contributed by atoms with Crippen molar-refractivity contribution in [3.05, 3.63) is 48.3 Å². The minimum Gasteiger partial charge on any atom is -0.388 e. The van der Waals surface area contributed by atoms with Crippen molar-refractivity contribution in [1.82, 2.24) is 14.1 Å². The third-order valence-electron chi connectivity index (χ3n) is 4.29. The molecule has 0 unspecified atom stereocenters. The third-order valence-corrected chi connectivity index (χ3v) is 6.20. The second-order valence-corrected chi connectivity index (χ2v) is 7.81. The Balaban J connectivity index is 1.78. The molecular formula is C16H21N3O3S. The predicted octanol–water partition coefficient (Wildman–Crippen LogP) is 1.70. The molecule has 0 amide bonds. The first-order valence-electron chi connectivity index (χ1n) is 7.72. The molecule has 1 N–H and O–H groups in total. The maximum Gasteiger partial charge on any atom is 0.246 e. The number of sulfonamides is 1. The van der Waals surface area contributed by atoms with E-state index in [-0.39, 0.29) is 10.9 Å². The predicted molar refractivity (Wildman–Crippen MR) is 86.1 cm³/mol. The fourth-order valence-corrected chi connectivity index (χ4v) is 4.79. The van der Waals surface area contributed by atoms with E-state index in [4.69, 9.17) is 0 Å². The highest BCUT2D eigenvalue weighted by atomic mass is 32.2. The zero-order valence-corrected chi connectivity index (χ0v) is 13.9. The molecule has 1 aliphatic rings. The Bertz CT molecular complexity index is 758. The minimum atomic E-state index is -3.56. The molecular weight excluding hydrogens is 314 g/mol. The molecule has 3 rings (SSSR count). The Morgan fingerprint density at radius 1 is 1.35 bits per heavy atom. The molecule has 0 bridgehead atoms. The maximum absolute atomic E-state index is 12.8. The molecule has 1 fully saturated rings. The number of aliphatic hydroxyl groups excluding tert-OH is 1. The van der Waals surface area contributed by atoms with Gasteiger partial charge < -0.3 is 5.11 Å². The molecule has 0 aliphatic carbocycles. The highest BCUT2D eigenvalue weighted by Gasteiger charge is 2.37. The van der Waals surface area contributed by atoms with Gasteiger partial charge in [0.05, 0.1) is 12.3 Å². The van der Waals surface area contributed by atoms with Crippen LogP contribution in [-0.4, -0.2) is 40.2 Å². The van der Waals surface area contributed by atoms with Crippen molar-refractivity contribution in [2.24, 2.45) is 7.05 Å². The average Bonchev–Trinajstić information content (AvgIpc) is 3.17. The zero-order valence-electron chi connectivity index (χ0n) is 13.0. The monoisotopic (exact) mass is 335 g/mol. The van der Waals surface area contributed by atoms with Gasteiger partial charge in [-0.25, -0.2) is 8.42 Å². The van der Waals surface area contributed by atoms with Crippen molar-refractivity contribution in [2.75, 3.05) is 6.54 Å². The summed E-state index contributed by atoms with van der Waals surface area (Å²) in [5.41, 5.74) is 0.818. The van der Waals surface area contributed by atoms with Gasteiger partial charge in [-0.3, -0.25) is 4.68 Å². The van der Waals surface area contributed by atoms with Gasteiger partial charge in [-0.2, -0.15) is 9.40 Å². The number of aryl methyl sites for hydroxylation is 1. The van der Waals surface area contributed by atoms with Crippen LogP contribution in [0, 0.1) is 0 Å². The van der Waals surface area contributed by atoms with E-state index in [9.17, 15) is 13.5 Å². The first-order chi connectivity index (χ1) is 11.0. The van der Waals surface area contributed by atoms with Gasteiger partial charge in [-0.1, -0.05) is 30.3 Å². The van der Waals surface area contributed by atoms with Gasteiger partial charge in [-0.15, -0.1) is 0 Å². The van der Waals surface area contributed by atoms with Crippen LogP contribution >= 0.6 is 0 Å². The van der Waals surface area contributed by atoms with Crippen molar-refractivity contribution < 1.29 is 13.5 Å². The lowest BCUT2D eigenvalue weighted by atomic mass is 10.0. The second kappa shape index (κ2) is 6.43. The molecule has 1 aliphatic heterocycles. The van der Waals surface area contributed by atoms with Crippen LogP contribution in [0.4, 0.5) is 0 Å². The summed E-state index contributed by atoms with van der Waals surface area (Å²) < 4.78 is 28.5. The molecule has 124 valence electrons. The zero-order chi connectivity index (χ0) is 16.4. The highest BCUT2D eigenvalue weighted by molar-refractivity contribution is 7.89. The summed E-state index contributed by atoms with van der Waals surface area (Å²) in [7, 11) is -1.86. The van der Waals surface area contributed by atoms with Crippen LogP contribution in [0.2, 0.25) is 0 Å². The Labute approximate surface area is 136 Å². The van der Waals surface area contributed by atoms with Crippen LogP contribution < -0.4 is 0 Å². The van der Waals surface area contributed by atoms with Gasteiger partial charge in [0.1, 0.15) is 4.90 Å². The lowest BCUT2D eigenvalue weighted by molar-refractivity contribution is 0.142. The van der Waals surface area contributed by atoms with Gasteiger partial charge in [0.15, 0.2) is 0 Å². The quantitative estimate of drug-likeness (QED) is 0.902. The first-order valence-corrected chi connectivity index (χ1v) is 9.16. The molecule has 1 aromatic carbocycles. The third kappa shape index (κ3) is 3.31. The summed E-state index contributed by atoms with van der Waals surface area (Å²) in [5, 5.41) is 14.4. The number of aliphatic hydroxyl groups is 1. The van der Waals surface area contributed by atoms with Crippen LogP contribution in [0.25, 0.3) is 0 Å². The maximum atomic E-state index is 12.8. The number of hydrogen-bond donors (Lipinski definition) is 1. The minimum absolute atomic E-state index is 0.185. The van der Waals surface area contributed by atoms with E-state index in [0.717, 1.165) is 18.4 Å². The molecule has 0 spiro atoms. The molecule has 6 nitrogen and oxygen atoms in total. The van der Waals surface area contributed by atoms with E-state index in [2.05, 4.69) is 5.10 Å². The van der Waals surface area contributed by atoms with Gasteiger partial charge >= 0.3 is 0 Å². The number of rotatable bonds is 5. The Hall–Kier alpha value is -1.70. The van der Waals surface area contributed by atoms with Crippen molar-refractivity contribution in [2.45, 2.75) is 36.3 Å². The molecule has 2 aromatic rings. The van der Waals surface area contributed by atoms with Crippen molar-refractivity contribution in [3.8, 4) is 0 Å². The topological polar surface area (TPSA) is 75.4 Å².